The Morgan fingerprint density at radius 3 is 2.50 bits per heavy atom. The van der Waals surface area contributed by atoms with E-state index in [9.17, 15) is 9.59 Å². The molecule has 0 aromatic rings. The molecule has 1 fully saturated rings. The molecule has 0 aromatic carbocycles. The van der Waals surface area contributed by atoms with Gasteiger partial charge in [-0.15, -0.1) is 0 Å². The third-order valence-electron chi connectivity index (χ3n) is 2.06. The zero-order chi connectivity index (χ0) is 12.3. The number of nitrogens with one attached hydrogen (secondary N) is 1. The maximum absolute atomic E-state index is 11.6. The Balaban J connectivity index is 2.55. The molecule has 6 heteroatoms. The van der Waals surface area contributed by atoms with Crippen LogP contribution in [0, 0.1) is 5.41 Å². The minimum Gasteiger partial charge on any atom is -0.444 e. The summed E-state index contributed by atoms with van der Waals surface area (Å²) in [7, 11) is 0. The molecule has 2 amide bonds. The van der Waals surface area contributed by atoms with Gasteiger partial charge >= 0.3 is 6.09 Å². The fraction of sp³-hybridized carbons (Fsp3) is 0.700. The first kappa shape index (κ1) is 12.5. The van der Waals surface area contributed by atoms with Crippen molar-refractivity contribution in [2.45, 2.75) is 26.4 Å². The van der Waals surface area contributed by atoms with E-state index in [0.29, 0.717) is 13.1 Å². The fourth-order valence-corrected chi connectivity index (χ4v) is 1.31. The van der Waals surface area contributed by atoms with Crippen molar-refractivity contribution in [3.8, 4) is 0 Å². The number of rotatable bonds is 1. The number of hydrogen-bond acceptors (Lipinski definition) is 4. The Morgan fingerprint density at radius 2 is 2.06 bits per heavy atom. The number of hydrogen-bond donors (Lipinski definition) is 1. The van der Waals surface area contributed by atoms with Gasteiger partial charge in [-0.05, 0) is 20.8 Å². The molecule has 90 valence electrons. The normalized spacial score (nSPS) is 17.3. The summed E-state index contributed by atoms with van der Waals surface area (Å²) in [6, 6.07) is 0. The molecule has 0 spiro atoms. The highest BCUT2D eigenvalue weighted by Gasteiger charge is 2.29. The summed E-state index contributed by atoms with van der Waals surface area (Å²) in [5.41, 5.74) is -0.557. The summed E-state index contributed by atoms with van der Waals surface area (Å²) in [6.07, 6.45) is 0.500. The first-order valence-electron chi connectivity index (χ1n) is 5.11. The van der Waals surface area contributed by atoms with Crippen molar-refractivity contribution in [3.63, 3.8) is 0 Å². The molecule has 0 aromatic heterocycles. The van der Waals surface area contributed by atoms with Crippen LogP contribution in [-0.2, 0) is 9.53 Å². The number of ether oxygens (including phenoxy) is 1. The topological polar surface area (TPSA) is 73.7 Å². The van der Waals surface area contributed by atoms with Gasteiger partial charge in [0.05, 0.1) is 6.34 Å². The standard InChI is InChI=1S/C10H17N3O3/c1-10(2,3)16-9(15)12-4-5-13(7-11)8(14)6-12/h7,11H,4-6H2,1-3H3. The maximum Gasteiger partial charge on any atom is 0.410 e. The van der Waals surface area contributed by atoms with Gasteiger partial charge in [0.2, 0.25) is 5.91 Å². The molecule has 0 bridgehead atoms. The smallest absolute Gasteiger partial charge is 0.410 e. The first-order valence-corrected chi connectivity index (χ1v) is 5.11. The number of carbonyl (C=O) groups excluding carboxylic acids is 2. The second kappa shape index (κ2) is 4.51. The van der Waals surface area contributed by atoms with Crippen molar-refractivity contribution in [3.05, 3.63) is 0 Å². The van der Waals surface area contributed by atoms with Crippen molar-refractivity contribution >= 4 is 18.3 Å². The summed E-state index contributed by atoms with van der Waals surface area (Å²) < 4.78 is 5.15. The maximum atomic E-state index is 11.6. The quantitative estimate of drug-likeness (QED) is 0.528. The van der Waals surface area contributed by atoms with E-state index in [1.54, 1.807) is 20.8 Å². The highest BCUT2D eigenvalue weighted by molar-refractivity contribution is 5.91. The molecule has 1 aliphatic rings. The average molecular weight is 227 g/mol. The molecule has 1 heterocycles. The largest absolute Gasteiger partial charge is 0.444 e. The average Bonchev–Trinajstić information content (AvgIpc) is 2.15. The molecule has 16 heavy (non-hydrogen) atoms. The summed E-state index contributed by atoms with van der Waals surface area (Å²) in [5.74, 6) is -0.257. The number of amides is 2. The first-order chi connectivity index (χ1) is 7.33. The Bertz CT molecular complexity index is 309. The van der Waals surface area contributed by atoms with Crippen LogP contribution in [0.15, 0.2) is 0 Å². The van der Waals surface area contributed by atoms with Crippen molar-refractivity contribution in [2.75, 3.05) is 19.6 Å². The second-order valence-electron chi connectivity index (χ2n) is 4.62. The SMILES string of the molecule is CC(C)(C)OC(=O)N1CCN(C=N)C(=O)C1. The van der Waals surface area contributed by atoms with Crippen molar-refractivity contribution < 1.29 is 14.3 Å². The third-order valence-corrected chi connectivity index (χ3v) is 2.06. The lowest BCUT2D eigenvalue weighted by molar-refractivity contribution is -0.131. The van der Waals surface area contributed by atoms with Crippen molar-refractivity contribution in [2.24, 2.45) is 0 Å². The van der Waals surface area contributed by atoms with Crippen LogP contribution >= 0.6 is 0 Å². The lowest BCUT2D eigenvalue weighted by Gasteiger charge is -2.33. The van der Waals surface area contributed by atoms with Crippen LogP contribution in [-0.4, -0.2) is 53.4 Å². The van der Waals surface area contributed by atoms with Crippen molar-refractivity contribution in [1.29, 1.82) is 5.41 Å². The van der Waals surface area contributed by atoms with Crippen LogP contribution in [0.3, 0.4) is 0 Å². The van der Waals surface area contributed by atoms with E-state index in [1.165, 1.54) is 9.80 Å². The van der Waals surface area contributed by atoms with Gasteiger partial charge in [-0.3, -0.25) is 15.1 Å². The predicted molar refractivity (Wildman–Crippen MR) is 58.3 cm³/mol. The van der Waals surface area contributed by atoms with Crippen LogP contribution in [0.5, 0.6) is 0 Å². The molecular weight excluding hydrogens is 210 g/mol. The van der Waals surface area contributed by atoms with Gasteiger partial charge in [0, 0.05) is 13.1 Å². The van der Waals surface area contributed by atoms with Crippen LogP contribution in [0.25, 0.3) is 0 Å². The monoisotopic (exact) mass is 227 g/mol. The molecule has 0 atom stereocenters. The second-order valence-corrected chi connectivity index (χ2v) is 4.62. The number of nitrogens with zero attached hydrogens (tertiary/aromatic N) is 2. The van der Waals surface area contributed by atoms with Gasteiger partial charge in [0.25, 0.3) is 0 Å². The number of piperazine rings is 1. The zero-order valence-electron chi connectivity index (χ0n) is 9.82. The summed E-state index contributed by atoms with van der Waals surface area (Å²) in [6.45, 7) is 6.06. The minimum absolute atomic E-state index is 0.0235. The molecule has 1 N–H and O–H groups in total. The zero-order valence-corrected chi connectivity index (χ0v) is 9.82. The van der Waals surface area contributed by atoms with Crippen LogP contribution < -0.4 is 0 Å². The van der Waals surface area contributed by atoms with E-state index >= 15 is 0 Å². The molecule has 6 nitrogen and oxygen atoms in total. The van der Waals surface area contributed by atoms with E-state index in [4.69, 9.17) is 10.1 Å². The molecule has 1 aliphatic heterocycles. The number of carbonyl (C=O) groups is 2. The predicted octanol–water partition coefficient (Wildman–Crippen LogP) is 0.673. The van der Waals surface area contributed by atoms with Crippen LogP contribution in [0.4, 0.5) is 4.79 Å². The summed E-state index contributed by atoms with van der Waals surface area (Å²) >= 11 is 0. The van der Waals surface area contributed by atoms with Gasteiger partial charge in [-0.25, -0.2) is 4.79 Å². The lowest BCUT2D eigenvalue weighted by atomic mass is 10.2. The summed E-state index contributed by atoms with van der Waals surface area (Å²) in [5, 5.41) is 6.99. The van der Waals surface area contributed by atoms with E-state index < -0.39 is 11.7 Å². The van der Waals surface area contributed by atoms with Gasteiger partial charge < -0.3 is 9.64 Å². The Kier molecular flexibility index (Phi) is 3.51. The van der Waals surface area contributed by atoms with E-state index in [-0.39, 0.29) is 12.5 Å². The van der Waals surface area contributed by atoms with Crippen molar-refractivity contribution in [1.82, 2.24) is 9.80 Å². The highest BCUT2D eigenvalue weighted by atomic mass is 16.6. The molecule has 1 rings (SSSR count). The van der Waals surface area contributed by atoms with E-state index in [1.807, 2.05) is 0 Å². The minimum atomic E-state index is -0.557. The Morgan fingerprint density at radius 1 is 1.44 bits per heavy atom. The van der Waals surface area contributed by atoms with E-state index in [0.717, 1.165) is 6.34 Å². The summed E-state index contributed by atoms with van der Waals surface area (Å²) in [4.78, 5) is 25.7. The van der Waals surface area contributed by atoms with Crippen LogP contribution in [0.1, 0.15) is 20.8 Å². The van der Waals surface area contributed by atoms with E-state index in [2.05, 4.69) is 0 Å². The Labute approximate surface area is 94.7 Å². The fourth-order valence-electron chi connectivity index (χ4n) is 1.31. The lowest BCUT2D eigenvalue weighted by Crippen LogP contribution is -2.52. The van der Waals surface area contributed by atoms with Gasteiger partial charge in [-0.1, -0.05) is 0 Å². The molecule has 0 saturated carbocycles. The third kappa shape index (κ3) is 3.22. The van der Waals surface area contributed by atoms with Gasteiger partial charge in [0.15, 0.2) is 0 Å². The Hall–Kier alpha value is -1.59. The molecule has 0 aliphatic carbocycles. The molecule has 0 unspecified atom stereocenters. The highest BCUT2D eigenvalue weighted by Crippen LogP contribution is 2.11. The molecule has 1 saturated heterocycles. The molecular formula is C10H17N3O3. The van der Waals surface area contributed by atoms with Crippen LogP contribution in [0.2, 0.25) is 0 Å². The molecule has 0 radical (unpaired) electrons. The van der Waals surface area contributed by atoms with Gasteiger partial charge in [0.1, 0.15) is 12.1 Å². The van der Waals surface area contributed by atoms with Gasteiger partial charge in [-0.2, -0.15) is 0 Å².